The molecule has 1 aromatic heterocycles. The normalized spacial score (nSPS) is 14.2. The van der Waals surface area contributed by atoms with E-state index in [-0.39, 0.29) is 40.1 Å². The second-order valence-corrected chi connectivity index (χ2v) is 11.6. The van der Waals surface area contributed by atoms with E-state index < -0.39 is 4.92 Å². The van der Waals surface area contributed by atoms with Crippen LogP contribution in [-0.4, -0.2) is 20.8 Å². The summed E-state index contributed by atoms with van der Waals surface area (Å²) in [7, 11) is 0. The molecule has 1 aliphatic rings. The molecule has 1 saturated carbocycles. The maximum atomic E-state index is 13.7. The third-order valence-corrected chi connectivity index (χ3v) is 8.19. The van der Waals surface area contributed by atoms with Gasteiger partial charge in [0.2, 0.25) is 5.75 Å². The molecule has 40 heavy (non-hydrogen) atoms. The molecule has 0 spiro atoms. The minimum Gasteiger partial charge on any atom is -0.481 e. The standard InChI is InChI=1S/C28H22BrCl3N4O4/c29-19-7-9-24-21(12-19)28(37)35(27(34-24)17-4-2-1-3-5-17)33-14-18-11-20(30)13-25(36(38)39)26(18)40-15-16-6-8-22(31)23(32)10-16/h6-14,17H,1-5,15H2. The van der Waals surface area contributed by atoms with Gasteiger partial charge in [0.1, 0.15) is 12.4 Å². The second kappa shape index (κ2) is 12.3. The Hall–Kier alpha value is -2.98. The summed E-state index contributed by atoms with van der Waals surface area (Å²) in [5.41, 5.74) is 0.799. The smallest absolute Gasteiger partial charge is 0.313 e. The van der Waals surface area contributed by atoms with Crippen LogP contribution >= 0.6 is 50.7 Å². The van der Waals surface area contributed by atoms with E-state index in [0.717, 1.165) is 36.6 Å². The fourth-order valence-electron chi connectivity index (χ4n) is 4.80. The maximum absolute atomic E-state index is 13.7. The maximum Gasteiger partial charge on any atom is 0.313 e. The Morgan fingerprint density at radius 3 is 2.58 bits per heavy atom. The first-order chi connectivity index (χ1) is 19.2. The van der Waals surface area contributed by atoms with E-state index in [1.54, 1.807) is 30.3 Å². The van der Waals surface area contributed by atoms with Crippen LogP contribution in [0.3, 0.4) is 0 Å². The average Bonchev–Trinajstić information content (AvgIpc) is 2.94. The van der Waals surface area contributed by atoms with Crippen LogP contribution in [0, 0.1) is 10.1 Å². The van der Waals surface area contributed by atoms with Crippen molar-refractivity contribution in [2.45, 2.75) is 44.6 Å². The molecule has 0 amide bonds. The number of fused-ring (bicyclic) bond motifs is 1. The first kappa shape index (κ1) is 28.5. The van der Waals surface area contributed by atoms with Crippen molar-refractivity contribution in [2.24, 2.45) is 5.10 Å². The SMILES string of the molecule is O=c1c2cc(Br)ccc2nc(C2CCCCC2)n1N=Cc1cc(Cl)cc([N+](=O)[O-])c1OCc1ccc(Cl)c(Cl)c1. The van der Waals surface area contributed by atoms with Crippen molar-refractivity contribution >= 4 is 73.5 Å². The number of rotatable bonds is 7. The van der Waals surface area contributed by atoms with E-state index in [9.17, 15) is 14.9 Å². The third-order valence-electron chi connectivity index (χ3n) is 6.74. The molecule has 1 heterocycles. The van der Waals surface area contributed by atoms with E-state index in [2.05, 4.69) is 21.0 Å². The van der Waals surface area contributed by atoms with Gasteiger partial charge in [-0.2, -0.15) is 9.78 Å². The van der Waals surface area contributed by atoms with E-state index in [1.165, 1.54) is 23.0 Å². The zero-order valence-electron chi connectivity index (χ0n) is 20.9. The third kappa shape index (κ3) is 6.17. The number of halogens is 4. The van der Waals surface area contributed by atoms with Gasteiger partial charge in [0, 0.05) is 27.0 Å². The van der Waals surface area contributed by atoms with Gasteiger partial charge in [-0.25, -0.2) is 4.98 Å². The van der Waals surface area contributed by atoms with Gasteiger partial charge in [0.05, 0.1) is 32.1 Å². The quantitative estimate of drug-likeness (QED) is 0.112. The summed E-state index contributed by atoms with van der Waals surface area (Å²) in [5.74, 6) is 0.573. The molecule has 0 N–H and O–H groups in total. The number of nitro benzene ring substituents is 1. The van der Waals surface area contributed by atoms with Crippen molar-refractivity contribution in [3.8, 4) is 5.75 Å². The molecular formula is C28H22BrCl3N4O4. The van der Waals surface area contributed by atoms with E-state index >= 15 is 0 Å². The van der Waals surface area contributed by atoms with Crippen LogP contribution in [0.5, 0.6) is 5.75 Å². The van der Waals surface area contributed by atoms with Crippen molar-refractivity contribution in [1.82, 2.24) is 9.66 Å². The second-order valence-electron chi connectivity index (χ2n) is 9.47. The van der Waals surface area contributed by atoms with Crippen molar-refractivity contribution in [3.05, 3.63) is 105 Å². The molecule has 0 aliphatic heterocycles. The molecule has 4 aromatic rings. The number of hydrogen-bond acceptors (Lipinski definition) is 6. The highest BCUT2D eigenvalue weighted by atomic mass is 79.9. The predicted octanol–water partition coefficient (Wildman–Crippen LogP) is 8.54. The number of hydrogen-bond donors (Lipinski definition) is 0. The Labute approximate surface area is 252 Å². The van der Waals surface area contributed by atoms with Crippen LogP contribution in [0.4, 0.5) is 5.69 Å². The zero-order valence-corrected chi connectivity index (χ0v) is 24.8. The molecular weight excluding hydrogens is 643 g/mol. The lowest BCUT2D eigenvalue weighted by atomic mass is 9.88. The fraction of sp³-hybridized carbons (Fsp3) is 0.250. The molecule has 0 bridgehead atoms. The fourth-order valence-corrected chi connectivity index (χ4v) is 5.70. The lowest BCUT2D eigenvalue weighted by molar-refractivity contribution is -0.385. The topological polar surface area (TPSA) is 99.6 Å². The molecule has 0 unspecified atom stereocenters. The molecule has 12 heteroatoms. The van der Waals surface area contributed by atoms with E-state index in [0.29, 0.717) is 32.3 Å². The molecule has 0 saturated heterocycles. The molecule has 5 rings (SSSR count). The summed E-state index contributed by atoms with van der Waals surface area (Å²) in [4.78, 5) is 29.8. The van der Waals surface area contributed by atoms with Gasteiger partial charge >= 0.3 is 5.69 Å². The van der Waals surface area contributed by atoms with Gasteiger partial charge in [-0.05, 0) is 54.8 Å². The number of ether oxygens (including phenoxy) is 1. The molecule has 1 fully saturated rings. The summed E-state index contributed by atoms with van der Waals surface area (Å²) in [6.45, 7) is -0.0287. The summed E-state index contributed by atoms with van der Waals surface area (Å²) < 4.78 is 7.95. The van der Waals surface area contributed by atoms with E-state index in [1.807, 2.05) is 6.07 Å². The van der Waals surface area contributed by atoms with Gasteiger partial charge < -0.3 is 4.74 Å². The van der Waals surface area contributed by atoms with Gasteiger partial charge in [0.25, 0.3) is 5.56 Å². The van der Waals surface area contributed by atoms with Gasteiger partial charge in [-0.15, -0.1) is 0 Å². The van der Waals surface area contributed by atoms with Crippen LogP contribution in [0.2, 0.25) is 15.1 Å². The highest BCUT2D eigenvalue weighted by molar-refractivity contribution is 9.10. The van der Waals surface area contributed by atoms with Crippen molar-refractivity contribution < 1.29 is 9.66 Å². The lowest BCUT2D eigenvalue weighted by Crippen LogP contribution is -2.25. The van der Waals surface area contributed by atoms with E-state index in [4.69, 9.17) is 44.5 Å². The minimum atomic E-state index is -0.581. The average molecular weight is 665 g/mol. The highest BCUT2D eigenvalue weighted by Gasteiger charge is 2.24. The Morgan fingerprint density at radius 2 is 1.85 bits per heavy atom. The van der Waals surface area contributed by atoms with Crippen LogP contribution < -0.4 is 10.3 Å². The summed E-state index contributed by atoms with van der Waals surface area (Å²) in [6.07, 6.45) is 6.35. The zero-order chi connectivity index (χ0) is 28.4. The Kier molecular flexibility index (Phi) is 8.75. The molecule has 3 aromatic carbocycles. The molecule has 8 nitrogen and oxygen atoms in total. The van der Waals surface area contributed by atoms with Gasteiger partial charge in [-0.3, -0.25) is 14.9 Å². The highest BCUT2D eigenvalue weighted by Crippen LogP contribution is 2.35. The van der Waals surface area contributed by atoms with Crippen LogP contribution in [0.15, 0.2) is 62.9 Å². The first-order valence-electron chi connectivity index (χ1n) is 12.5. The first-order valence-corrected chi connectivity index (χ1v) is 14.4. The number of nitro groups is 1. The molecule has 206 valence electrons. The van der Waals surface area contributed by atoms with Gasteiger partial charge in [-0.1, -0.05) is 76.1 Å². The number of benzene rings is 3. The predicted molar refractivity (Wildman–Crippen MR) is 161 cm³/mol. The summed E-state index contributed by atoms with van der Waals surface area (Å²) in [6, 6.07) is 13.0. The van der Waals surface area contributed by atoms with Crippen molar-refractivity contribution in [1.29, 1.82) is 0 Å². The Morgan fingerprint density at radius 1 is 1.07 bits per heavy atom. The Bertz CT molecular complexity index is 1700. The molecule has 1 aliphatic carbocycles. The monoisotopic (exact) mass is 662 g/mol. The van der Waals surface area contributed by atoms with Crippen LogP contribution in [-0.2, 0) is 6.61 Å². The number of nitrogens with zero attached hydrogens (tertiary/aromatic N) is 4. The summed E-state index contributed by atoms with van der Waals surface area (Å²) >= 11 is 21.8. The minimum absolute atomic E-state index is 0.0287. The molecule has 0 radical (unpaired) electrons. The lowest BCUT2D eigenvalue weighted by Gasteiger charge is -2.22. The van der Waals surface area contributed by atoms with Crippen LogP contribution in [0.1, 0.15) is 55.0 Å². The summed E-state index contributed by atoms with van der Waals surface area (Å²) in [5, 5.41) is 17.7. The van der Waals surface area contributed by atoms with Gasteiger partial charge in [0.15, 0.2) is 0 Å². The number of aromatic nitrogens is 2. The van der Waals surface area contributed by atoms with Crippen molar-refractivity contribution in [2.75, 3.05) is 0 Å². The van der Waals surface area contributed by atoms with Crippen molar-refractivity contribution in [3.63, 3.8) is 0 Å². The largest absolute Gasteiger partial charge is 0.481 e. The molecule has 0 atom stereocenters. The van der Waals surface area contributed by atoms with Crippen LogP contribution in [0.25, 0.3) is 10.9 Å². The Balaban J connectivity index is 1.60.